The summed E-state index contributed by atoms with van der Waals surface area (Å²) in [6, 6.07) is -1.40. The highest BCUT2D eigenvalue weighted by Crippen LogP contribution is 2.37. The molecule has 0 fully saturated rings. The lowest BCUT2D eigenvalue weighted by Gasteiger charge is -2.19. The quantitative estimate of drug-likeness (QED) is 0.732. The maximum atomic E-state index is 12.9. The summed E-state index contributed by atoms with van der Waals surface area (Å²) in [5, 5.41) is 7.17. The van der Waals surface area contributed by atoms with E-state index in [4.69, 9.17) is 28.3 Å². The number of carbonyl (C=O) groups is 2. The summed E-state index contributed by atoms with van der Waals surface area (Å²) in [6.45, 7) is 1.09. The van der Waals surface area contributed by atoms with Crippen LogP contribution in [-0.2, 0) is 9.59 Å². The third-order valence-electron chi connectivity index (χ3n) is 1.37. The second-order valence-electron chi connectivity index (χ2n) is 2.76. The van der Waals surface area contributed by atoms with Crippen molar-refractivity contribution in [3.05, 3.63) is 0 Å². The number of halogens is 4. The minimum absolute atomic E-state index is 0.0275. The number of carboxylic acids is 1. The smallest absolute Gasteiger partial charge is 0.327 e. The molecule has 16 heavy (non-hydrogen) atoms. The van der Waals surface area contributed by atoms with Crippen LogP contribution in [0.3, 0.4) is 0 Å². The Bertz CT molecular complexity index is 278. The summed E-state index contributed by atoms with van der Waals surface area (Å²) in [4.78, 5) is 19.2. The molecule has 0 bridgehead atoms. The van der Waals surface area contributed by atoms with Crippen molar-refractivity contribution in [2.45, 2.75) is 23.1 Å². The van der Waals surface area contributed by atoms with Crippen molar-refractivity contribution in [1.29, 1.82) is 0 Å². The van der Waals surface area contributed by atoms with E-state index < -0.39 is 33.8 Å². The van der Waals surface area contributed by atoms with Gasteiger partial charge in [-0.1, -0.05) is 35.0 Å². The number of rotatable bonds is 6. The fraction of sp³-hybridized carbons (Fsp3) is 0.714. The van der Waals surface area contributed by atoms with Crippen molar-refractivity contribution in [1.82, 2.24) is 5.32 Å². The molecule has 0 aliphatic heterocycles. The number of aliphatic carboxylic acids is 1. The number of nitrogens with one attached hydrogen (secondary N) is 1. The van der Waals surface area contributed by atoms with Gasteiger partial charge in [-0.15, -0.1) is 0 Å². The van der Waals surface area contributed by atoms with Crippen LogP contribution in [0.25, 0.3) is 0 Å². The lowest BCUT2D eigenvalue weighted by Crippen LogP contribution is -2.42. The van der Waals surface area contributed by atoms with Crippen LogP contribution in [0.5, 0.6) is 0 Å². The molecule has 2 N–H and O–H groups in total. The molecule has 0 aromatic rings. The van der Waals surface area contributed by atoms with E-state index in [9.17, 15) is 18.4 Å². The van der Waals surface area contributed by atoms with Gasteiger partial charge in [0.25, 0.3) is 0 Å². The molecule has 1 amide bonds. The summed E-state index contributed by atoms with van der Waals surface area (Å²) in [5.74, 6) is -2.55. The lowest BCUT2D eigenvalue weighted by molar-refractivity contribution is -0.140. The van der Waals surface area contributed by atoms with E-state index in [0.717, 1.165) is 6.92 Å². The van der Waals surface area contributed by atoms with Crippen molar-refractivity contribution in [3.63, 3.8) is 0 Å². The fourth-order valence-electron chi connectivity index (χ4n) is 0.677. The molecule has 0 spiro atoms. The van der Waals surface area contributed by atoms with E-state index in [2.05, 4.69) is 0 Å². The zero-order chi connectivity index (χ0) is 12.9. The van der Waals surface area contributed by atoms with Crippen LogP contribution in [0.1, 0.15) is 6.92 Å². The first-order valence-electron chi connectivity index (χ1n) is 3.96. The minimum atomic E-state index is -3.46. The lowest BCUT2D eigenvalue weighted by atomic mass is 10.3. The summed E-state index contributed by atoms with van der Waals surface area (Å²) in [6.07, 6.45) is 0. The number of hydrogen-bond acceptors (Lipinski definition) is 3. The van der Waals surface area contributed by atoms with Crippen LogP contribution in [0.2, 0.25) is 0 Å². The van der Waals surface area contributed by atoms with Crippen molar-refractivity contribution < 1.29 is 23.5 Å². The molecule has 0 aromatic carbocycles. The minimum Gasteiger partial charge on any atom is -0.480 e. The molecule has 0 saturated heterocycles. The molecule has 4 nitrogen and oxygen atoms in total. The van der Waals surface area contributed by atoms with Crippen molar-refractivity contribution in [3.8, 4) is 0 Å². The van der Waals surface area contributed by atoms with Crippen LogP contribution in [-0.4, -0.2) is 38.9 Å². The monoisotopic (exact) mass is 295 g/mol. The number of carbonyl (C=O) groups excluding carboxylic acids is 1. The van der Waals surface area contributed by atoms with Crippen molar-refractivity contribution >= 4 is 46.8 Å². The standard InChI is InChI=1S/C7H9Cl2F2NO3S/c1-3(13)12-4(5(14)15)2-16-7(10,11)6(8)9/h4,6H,2H2,1H3,(H,12,13)(H,14,15). The van der Waals surface area contributed by atoms with E-state index in [-0.39, 0.29) is 11.8 Å². The molecular weight excluding hydrogens is 287 g/mol. The van der Waals surface area contributed by atoms with Gasteiger partial charge in [0.2, 0.25) is 5.91 Å². The molecule has 0 aliphatic rings. The van der Waals surface area contributed by atoms with E-state index in [1.807, 2.05) is 5.32 Å². The average Bonchev–Trinajstić information content (AvgIpc) is 2.10. The predicted molar refractivity (Wildman–Crippen MR) is 58.1 cm³/mol. The molecule has 0 aliphatic carbocycles. The van der Waals surface area contributed by atoms with Crippen LogP contribution >= 0.6 is 35.0 Å². The molecule has 0 rings (SSSR count). The van der Waals surface area contributed by atoms with Gasteiger partial charge in [-0.3, -0.25) is 4.79 Å². The topological polar surface area (TPSA) is 66.4 Å². The Morgan fingerprint density at radius 2 is 2.00 bits per heavy atom. The molecule has 1 unspecified atom stereocenters. The number of carboxylic acid groups (broad SMARTS) is 1. The maximum absolute atomic E-state index is 12.9. The van der Waals surface area contributed by atoms with Gasteiger partial charge in [0.05, 0.1) is 0 Å². The van der Waals surface area contributed by atoms with Gasteiger partial charge in [0.15, 0.2) is 4.84 Å². The van der Waals surface area contributed by atoms with Crippen molar-refractivity contribution in [2.75, 3.05) is 5.75 Å². The van der Waals surface area contributed by atoms with E-state index in [1.54, 1.807) is 0 Å². The van der Waals surface area contributed by atoms with Gasteiger partial charge in [-0.2, -0.15) is 8.78 Å². The summed E-state index contributed by atoms with van der Waals surface area (Å²) in [7, 11) is 0. The summed E-state index contributed by atoms with van der Waals surface area (Å²) < 4.78 is 25.8. The normalized spacial score (nSPS) is 13.6. The predicted octanol–water partition coefficient (Wildman–Crippen LogP) is 1.71. The first kappa shape index (κ1) is 15.7. The van der Waals surface area contributed by atoms with Crippen LogP contribution in [0.15, 0.2) is 0 Å². The molecule has 9 heteroatoms. The maximum Gasteiger partial charge on any atom is 0.327 e. The third kappa shape index (κ3) is 5.72. The number of hydrogen-bond donors (Lipinski definition) is 2. The molecule has 0 aromatic heterocycles. The van der Waals surface area contributed by atoms with Gasteiger partial charge in [0, 0.05) is 12.7 Å². The SMILES string of the molecule is CC(=O)NC(CSC(F)(F)C(Cl)Cl)C(=O)O. The third-order valence-corrected chi connectivity index (χ3v) is 3.30. The molecular formula is C7H9Cl2F2NO3S. The zero-order valence-electron chi connectivity index (χ0n) is 8.05. The Hall–Kier alpha value is -0.270. The van der Waals surface area contributed by atoms with Gasteiger partial charge < -0.3 is 10.4 Å². The van der Waals surface area contributed by atoms with Gasteiger partial charge >= 0.3 is 11.2 Å². The number of alkyl halides is 4. The first-order chi connectivity index (χ1) is 7.16. The zero-order valence-corrected chi connectivity index (χ0v) is 10.4. The molecule has 0 heterocycles. The number of amides is 1. The molecule has 1 atom stereocenters. The second kappa shape index (κ2) is 6.46. The van der Waals surface area contributed by atoms with Crippen molar-refractivity contribution in [2.24, 2.45) is 0 Å². The summed E-state index contributed by atoms with van der Waals surface area (Å²) in [5.41, 5.74) is 0. The molecule has 94 valence electrons. The second-order valence-corrected chi connectivity index (χ2v) is 5.03. The Kier molecular flexibility index (Phi) is 6.35. The van der Waals surface area contributed by atoms with Crippen LogP contribution in [0.4, 0.5) is 8.78 Å². The van der Waals surface area contributed by atoms with Crippen LogP contribution < -0.4 is 5.32 Å². The highest BCUT2D eigenvalue weighted by Gasteiger charge is 2.39. The highest BCUT2D eigenvalue weighted by atomic mass is 35.5. The van der Waals surface area contributed by atoms with Gasteiger partial charge in [-0.05, 0) is 0 Å². The van der Waals surface area contributed by atoms with Crippen LogP contribution in [0, 0.1) is 0 Å². The Labute approximate surface area is 105 Å². The number of thioether (sulfide) groups is 1. The molecule has 0 saturated carbocycles. The highest BCUT2D eigenvalue weighted by molar-refractivity contribution is 8.00. The van der Waals surface area contributed by atoms with E-state index in [1.165, 1.54) is 0 Å². The Morgan fingerprint density at radius 3 is 2.31 bits per heavy atom. The van der Waals surface area contributed by atoms with E-state index >= 15 is 0 Å². The average molecular weight is 296 g/mol. The van der Waals surface area contributed by atoms with Gasteiger partial charge in [0.1, 0.15) is 6.04 Å². The molecule has 0 radical (unpaired) electrons. The van der Waals surface area contributed by atoms with E-state index in [0.29, 0.717) is 0 Å². The Morgan fingerprint density at radius 1 is 1.50 bits per heavy atom. The first-order valence-corrected chi connectivity index (χ1v) is 5.82. The Balaban J connectivity index is 4.33. The fourth-order valence-corrected chi connectivity index (χ4v) is 1.80. The van der Waals surface area contributed by atoms with Gasteiger partial charge in [-0.25, -0.2) is 4.79 Å². The summed E-state index contributed by atoms with van der Waals surface area (Å²) >= 11 is 9.97. The largest absolute Gasteiger partial charge is 0.480 e.